The minimum Gasteiger partial charge on any atom is -0.458 e. The van der Waals surface area contributed by atoms with Gasteiger partial charge in [0.2, 0.25) is 5.43 Å². The van der Waals surface area contributed by atoms with Gasteiger partial charge < -0.3 is 14.7 Å². The largest absolute Gasteiger partial charge is 0.458 e. The van der Waals surface area contributed by atoms with E-state index in [4.69, 9.17) is 4.42 Å². The SMILES string of the molecule is CC(Nc1ncnc2nc[nH]c12)c1oc2ccc(F)cc2c(=O)c1-c1cccc(F)c1. The molecule has 1 unspecified atom stereocenters. The van der Waals surface area contributed by atoms with Crippen LogP contribution in [0.25, 0.3) is 33.3 Å². The van der Waals surface area contributed by atoms with Crippen molar-refractivity contribution in [2.45, 2.75) is 13.0 Å². The molecule has 0 fully saturated rings. The summed E-state index contributed by atoms with van der Waals surface area (Å²) < 4.78 is 33.8. The van der Waals surface area contributed by atoms with Crippen LogP contribution < -0.4 is 10.7 Å². The molecule has 0 saturated carbocycles. The molecule has 5 rings (SSSR count). The van der Waals surface area contributed by atoms with E-state index in [1.807, 2.05) is 0 Å². The first kappa shape index (κ1) is 18.9. The average Bonchev–Trinajstić information content (AvgIpc) is 3.24. The van der Waals surface area contributed by atoms with Gasteiger partial charge in [0.25, 0.3) is 0 Å². The smallest absolute Gasteiger partial charge is 0.200 e. The molecule has 31 heavy (non-hydrogen) atoms. The van der Waals surface area contributed by atoms with Crippen molar-refractivity contribution in [2.75, 3.05) is 5.32 Å². The molecule has 7 nitrogen and oxygen atoms in total. The summed E-state index contributed by atoms with van der Waals surface area (Å²) in [6, 6.07) is 8.80. The fourth-order valence-corrected chi connectivity index (χ4v) is 3.55. The molecule has 5 aromatic rings. The quantitative estimate of drug-likeness (QED) is 0.443. The van der Waals surface area contributed by atoms with E-state index in [-0.39, 0.29) is 22.3 Å². The maximum absolute atomic E-state index is 13.9. The molecule has 3 heterocycles. The average molecular weight is 419 g/mol. The molecule has 0 amide bonds. The zero-order chi connectivity index (χ0) is 21.5. The molecule has 0 aliphatic carbocycles. The third kappa shape index (κ3) is 3.29. The highest BCUT2D eigenvalue weighted by Gasteiger charge is 2.23. The van der Waals surface area contributed by atoms with Gasteiger partial charge >= 0.3 is 0 Å². The van der Waals surface area contributed by atoms with Gasteiger partial charge in [-0.1, -0.05) is 12.1 Å². The van der Waals surface area contributed by atoms with E-state index in [0.717, 1.165) is 6.07 Å². The van der Waals surface area contributed by atoms with Gasteiger partial charge in [-0.15, -0.1) is 0 Å². The molecule has 0 radical (unpaired) electrons. The second kappa shape index (κ2) is 7.28. The molecule has 0 spiro atoms. The first-order chi connectivity index (χ1) is 15.0. The number of fused-ring (bicyclic) bond motifs is 2. The Hall–Kier alpha value is -4.14. The zero-order valence-electron chi connectivity index (χ0n) is 16.2. The van der Waals surface area contributed by atoms with Crippen LogP contribution in [0.3, 0.4) is 0 Å². The molecule has 0 bridgehead atoms. The number of aromatic amines is 1. The number of hydrogen-bond acceptors (Lipinski definition) is 6. The van der Waals surface area contributed by atoms with Gasteiger partial charge in [-0.25, -0.2) is 23.7 Å². The van der Waals surface area contributed by atoms with Crippen molar-refractivity contribution in [1.29, 1.82) is 0 Å². The molecular formula is C22H15F2N5O2. The highest BCUT2D eigenvalue weighted by Crippen LogP contribution is 2.32. The lowest BCUT2D eigenvalue weighted by molar-refractivity contribution is 0.514. The third-order valence-electron chi connectivity index (χ3n) is 4.96. The Morgan fingerprint density at radius 1 is 1.06 bits per heavy atom. The molecule has 0 aliphatic rings. The van der Waals surface area contributed by atoms with Crippen molar-refractivity contribution >= 4 is 28.0 Å². The summed E-state index contributed by atoms with van der Waals surface area (Å²) >= 11 is 0. The van der Waals surface area contributed by atoms with Crippen LogP contribution in [0.15, 0.2) is 64.3 Å². The number of H-pyrrole nitrogens is 1. The topological polar surface area (TPSA) is 96.7 Å². The Morgan fingerprint density at radius 2 is 1.90 bits per heavy atom. The minimum absolute atomic E-state index is 0.0770. The summed E-state index contributed by atoms with van der Waals surface area (Å²) in [6.07, 6.45) is 2.86. The number of rotatable bonds is 4. The highest BCUT2D eigenvalue weighted by molar-refractivity contribution is 5.84. The van der Waals surface area contributed by atoms with Crippen LogP contribution in [0.1, 0.15) is 18.7 Å². The van der Waals surface area contributed by atoms with Gasteiger partial charge in [0.05, 0.1) is 23.3 Å². The summed E-state index contributed by atoms with van der Waals surface area (Å²) in [5.74, 6) is -0.340. The Kier molecular flexibility index (Phi) is 4.43. The predicted molar refractivity (Wildman–Crippen MR) is 112 cm³/mol. The third-order valence-corrected chi connectivity index (χ3v) is 4.96. The van der Waals surface area contributed by atoms with Gasteiger partial charge in [-0.05, 0) is 42.8 Å². The Bertz CT molecular complexity index is 1490. The molecule has 2 N–H and O–H groups in total. The number of halogens is 2. The van der Waals surface area contributed by atoms with Crippen molar-refractivity contribution < 1.29 is 13.2 Å². The number of anilines is 1. The Balaban J connectivity index is 1.71. The van der Waals surface area contributed by atoms with Crippen LogP contribution in [0.4, 0.5) is 14.6 Å². The van der Waals surface area contributed by atoms with Gasteiger partial charge in [0, 0.05) is 0 Å². The van der Waals surface area contributed by atoms with Crippen molar-refractivity contribution in [3.63, 3.8) is 0 Å². The van der Waals surface area contributed by atoms with Crippen molar-refractivity contribution in [3.05, 3.63) is 82.7 Å². The second-order valence-corrected chi connectivity index (χ2v) is 7.01. The molecular weight excluding hydrogens is 404 g/mol. The van der Waals surface area contributed by atoms with E-state index < -0.39 is 23.1 Å². The molecule has 9 heteroatoms. The lowest BCUT2D eigenvalue weighted by atomic mass is 9.99. The minimum atomic E-state index is -0.563. The van der Waals surface area contributed by atoms with E-state index in [2.05, 4.69) is 25.3 Å². The second-order valence-electron chi connectivity index (χ2n) is 7.01. The molecule has 2 aromatic carbocycles. The monoisotopic (exact) mass is 419 g/mol. The maximum atomic E-state index is 13.9. The molecule has 154 valence electrons. The van der Waals surface area contributed by atoms with Crippen molar-refractivity contribution in [1.82, 2.24) is 19.9 Å². The van der Waals surface area contributed by atoms with Crippen molar-refractivity contribution in [2.24, 2.45) is 0 Å². The number of nitrogens with one attached hydrogen (secondary N) is 2. The first-order valence-electron chi connectivity index (χ1n) is 9.44. The summed E-state index contributed by atoms with van der Waals surface area (Å²) in [5.41, 5.74) is 1.32. The standard InChI is InChI=1S/C22H15F2N5O2/c1-11(29-22-18-21(26-9-25-18)27-10-28-22)20-17(12-3-2-4-13(23)7-12)19(30)15-8-14(24)5-6-16(15)31-20/h2-11H,1H3,(H2,25,26,27,28,29). The van der Waals surface area contributed by atoms with E-state index in [1.54, 1.807) is 13.0 Å². The number of imidazole rings is 1. The fraction of sp³-hybridized carbons (Fsp3) is 0.0909. The number of benzene rings is 2. The Labute approximate surface area is 173 Å². The van der Waals surface area contributed by atoms with E-state index in [0.29, 0.717) is 22.5 Å². The predicted octanol–water partition coefficient (Wildman–Crippen LogP) is 4.58. The summed E-state index contributed by atoms with van der Waals surface area (Å²) in [5, 5.41) is 3.27. The van der Waals surface area contributed by atoms with Crippen LogP contribution >= 0.6 is 0 Å². The van der Waals surface area contributed by atoms with E-state index in [9.17, 15) is 13.6 Å². The number of nitrogens with zero attached hydrogens (tertiary/aromatic N) is 3. The van der Waals surface area contributed by atoms with Gasteiger partial charge in [0.15, 0.2) is 11.5 Å². The highest BCUT2D eigenvalue weighted by atomic mass is 19.1. The lowest BCUT2D eigenvalue weighted by Crippen LogP contribution is -2.16. The number of hydrogen-bond donors (Lipinski definition) is 2. The molecule has 1 atom stereocenters. The van der Waals surface area contributed by atoms with Crippen molar-refractivity contribution in [3.8, 4) is 11.1 Å². The van der Waals surface area contributed by atoms with Gasteiger partial charge in [-0.3, -0.25) is 4.79 Å². The fourth-order valence-electron chi connectivity index (χ4n) is 3.55. The first-order valence-corrected chi connectivity index (χ1v) is 9.44. The van der Waals surface area contributed by atoms with Crippen LogP contribution in [0.2, 0.25) is 0 Å². The normalized spacial score (nSPS) is 12.4. The van der Waals surface area contributed by atoms with E-state index >= 15 is 0 Å². The Morgan fingerprint density at radius 3 is 2.74 bits per heavy atom. The van der Waals surface area contributed by atoms with Crippen LogP contribution in [0.5, 0.6) is 0 Å². The van der Waals surface area contributed by atoms with Crippen LogP contribution in [-0.4, -0.2) is 19.9 Å². The number of aromatic nitrogens is 4. The molecule has 3 aromatic heterocycles. The zero-order valence-corrected chi connectivity index (χ0v) is 16.2. The van der Waals surface area contributed by atoms with Crippen LogP contribution in [-0.2, 0) is 0 Å². The van der Waals surface area contributed by atoms with E-state index in [1.165, 1.54) is 43.0 Å². The van der Waals surface area contributed by atoms with Crippen LogP contribution in [0, 0.1) is 11.6 Å². The molecule has 0 saturated heterocycles. The summed E-state index contributed by atoms with van der Waals surface area (Å²) in [4.78, 5) is 28.7. The maximum Gasteiger partial charge on any atom is 0.200 e. The van der Waals surface area contributed by atoms with Gasteiger partial charge in [-0.2, -0.15) is 0 Å². The summed E-state index contributed by atoms with van der Waals surface area (Å²) in [6.45, 7) is 1.78. The van der Waals surface area contributed by atoms with Gasteiger partial charge in [0.1, 0.15) is 34.8 Å². The molecule has 0 aliphatic heterocycles. The lowest BCUT2D eigenvalue weighted by Gasteiger charge is -2.18. The summed E-state index contributed by atoms with van der Waals surface area (Å²) in [7, 11) is 0.